The molecule has 0 bridgehead atoms. The van der Waals surface area contributed by atoms with Crippen LogP contribution in [-0.4, -0.2) is 47.7 Å². The van der Waals surface area contributed by atoms with Gasteiger partial charge in [-0.05, 0) is 43.7 Å². The fourth-order valence-corrected chi connectivity index (χ4v) is 2.67. The number of aliphatic hydroxyl groups excluding tert-OH is 1. The number of rotatable bonds is 11. The third kappa shape index (κ3) is 7.89. The largest absolute Gasteiger partial charge is 0.491 e. The number of benzene rings is 2. The van der Waals surface area contributed by atoms with Crippen molar-refractivity contribution < 1.29 is 33.6 Å². The van der Waals surface area contributed by atoms with Gasteiger partial charge in [-0.3, -0.25) is 0 Å². The van der Waals surface area contributed by atoms with E-state index < -0.39 is 24.0 Å². The maximum absolute atomic E-state index is 13.1. The summed E-state index contributed by atoms with van der Waals surface area (Å²) in [6.07, 6.45) is -1.89. The zero-order valence-electron chi connectivity index (χ0n) is 16.2. The molecule has 0 radical (unpaired) electrons. The Morgan fingerprint density at radius 3 is 2.34 bits per heavy atom. The number of aliphatic carboxylic acids is 1. The fraction of sp³-hybridized carbons (Fsp3) is 0.381. The Morgan fingerprint density at radius 1 is 1.10 bits per heavy atom. The molecular weight excluding hydrogens is 403 g/mol. The van der Waals surface area contributed by atoms with Crippen molar-refractivity contribution in [3.05, 3.63) is 58.9 Å². The summed E-state index contributed by atoms with van der Waals surface area (Å²) in [5.41, 5.74) is 0.738. The van der Waals surface area contributed by atoms with E-state index in [1.807, 2.05) is 0 Å². The van der Waals surface area contributed by atoms with Crippen LogP contribution in [-0.2, 0) is 16.0 Å². The number of aliphatic hydroxyl groups is 1. The van der Waals surface area contributed by atoms with Crippen LogP contribution >= 0.6 is 11.6 Å². The highest BCUT2D eigenvalue weighted by Crippen LogP contribution is 2.21. The highest BCUT2D eigenvalue weighted by atomic mass is 35.5. The van der Waals surface area contributed by atoms with Gasteiger partial charge >= 0.3 is 5.97 Å². The average molecular weight is 427 g/mol. The lowest BCUT2D eigenvalue weighted by atomic mass is 10.1. The molecule has 0 aromatic heterocycles. The van der Waals surface area contributed by atoms with Crippen molar-refractivity contribution in [3.8, 4) is 11.5 Å². The van der Waals surface area contributed by atoms with E-state index in [0.29, 0.717) is 11.5 Å². The van der Waals surface area contributed by atoms with Crippen molar-refractivity contribution in [2.75, 3.05) is 13.2 Å². The number of halogens is 2. The molecular formula is C21H24ClFO6. The van der Waals surface area contributed by atoms with Crippen LogP contribution in [0, 0.1) is 5.82 Å². The van der Waals surface area contributed by atoms with E-state index >= 15 is 0 Å². The molecule has 2 N–H and O–H groups in total. The average Bonchev–Trinajstić information content (AvgIpc) is 2.66. The van der Waals surface area contributed by atoms with Gasteiger partial charge in [-0.25, -0.2) is 9.18 Å². The van der Waals surface area contributed by atoms with E-state index in [0.717, 1.165) is 5.56 Å². The first-order valence-electron chi connectivity index (χ1n) is 9.10. The van der Waals surface area contributed by atoms with Crippen LogP contribution < -0.4 is 9.47 Å². The Labute approximate surface area is 173 Å². The number of carbonyl (C=O) groups is 1. The summed E-state index contributed by atoms with van der Waals surface area (Å²) in [4.78, 5) is 11.3. The Kier molecular flexibility index (Phi) is 8.70. The topological polar surface area (TPSA) is 85.2 Å². The van der Waals surface area contributed by atoms with Gasteiger partial charge in [0.15, 0.2) is 6.10 Å². The molecule has 2 aromatic carbocycles. The van der Waals surface area contributed by atoms with Crippen LogP contribution in [0.2, 0.25) is 5.02 Å². The van der Waals surface area contributed by atoms with Crippen LogP contribution in [0.15, 0.2) is 42.5 Å². The van der Waals surface area contributed by atoms with Crippen LogP contribution in [0.5, 0.6) is 11.5 Å². The summed E-state index contributed by atoms with van der Waals surface area (Å²) in [7, 11) is 0. The fourth-order valence-electron chi connectivity index (χ4n) is 2.50. The predicted octanol–water partition coefficient (Wildman–Crippen LogP) is 3.72. The zero-order chi connectivity index (χ0) is 21.4. The Hall–Kier alpha value is -2.35. The van der Waals surface area contributed by atoms with Crippen molar-refractivity contribution in [1.29, 1.82) is 0 Å². The zero-order valence-corrected chi connectivity index (χ0v) is 16.9. The molecule has 2 atom stereocenters. The molecule has 29 heavy (non-hydrogen) atoms. The van der Waals surface area contributed by atoms with E-state index in [4.69, 9.17) is 25.8 Å². The molecule has 0 aliphatic heterocycles. The SMILES string of the molecule is CC(C)O[C@@H](Cc1cccc(OC[C@@H](O)COc2ccc(F)c(Cl)c2)c1)C(=O)O. The number of ether oxygens (including phenoxy) is 3. The molecule has 158 valence electrons. The molecule has 0 fully saturated rings. The van der Waals surface area contributed by atoms with Gasteiger partial charge in [-0.2, -0.15) is 0 Å². The second kappa shape index (κ2) is 11.0. The Bertz CT molecular complexity index is 814. The lowest BCUT2D eigenvalue weighted by Crippen LogP contribution is -2.29. The minimum absolute atomic E-state index is 0.0385. The maximum atomic E-state index is 13.1. The predicted molar refractivity (Wildman–Crippen MR) is 106 cm³/mol. The lowest BCUT2D eigenvalue weighted by Gasteiger charge is -2.17. The molecule has 0 aliphatic carbocycles. The van der Waals surface area contributed by atoms with E-state index in [9.17, 15) is 19.4 Å². The molecule has 0 heterocycles. The van der Waals surface area contributed by atoms with Crippen molar-refractivity contribution in [1.82, 2.24) is 0 Å². The molecule has 0 amide bonds. The number of hydrogen-bond donors (Lipinski definition) is 2. The third-order valence-corrected chi connectivity index (χ3v) is 4.10. The molecule has 0 saturated carbocycles. The van der Waals surface area contributed by atoms with E-state index in [2.05, 4.69) is 0 Å². The summed E-state index contributed by atoms with van der Waals surface area (Å²) in [5, 5.41) is 19.2. The van der Waals surface area contributed by atoms with Crippen molar-refractivity contribution >= 4 is 17.6 Å². The number of carboxylic acid groups (broad SMARTS) is 1. The minimum atomic E-state index is -1.03. The summed E-state index contributed by atoms with van der Waals surface area (Å²) in [6, 6.07) is 10.8. The highest BCUT2D eigenvalue weighted by molar-refractivity contribution is 6.30. The molecule has 2 aromatic rings. The van der Waals surface area contributed by atoms with Crippen LogP contribution in [0.3, 0.4) is 0 Å². The highest BCUT2D eigenvalue weighted by Gasteiger charge is 2.20. The van der Waals surface area contributed by atoms with Crippen LogP contribution in [0.1, 0.15) is 19.4 Å². The van der Waals surface area contributed by atoms with Gasteiger partial charge in [0.2, 0.25) is 0 Å². The van der Waals surface area contributed by atoms with Gasteiger partial charge in [0.1, 0.15) is 36.6 Å². The summed E-state index contributed by atoms with van der Waals surface area (Å²) in [5.74, 6) is -0.757. The van der Waals surface area contributed by atoms with Crippen molar-refractivity contribution in [3.63, 3.8) is 0 Å². The van der Waals surface area contributed by atoms with Crippen molar-refractivity contribution in [2.24, 2.45) is 0 Å². The molecule has 8 heteroatoms. The van der Waals surface area contributed by atoms with Gasteiger partial charge in [-0.15, -0.1) is 0 Å². The monoisotopic (exact) mass is 426 g/mol. The molecule has 0 aliphatic rings. The standard InChI is InChI=1S/C21H24ClFO6/c1-13(2)29-20(21(25)26)9-14-4-3-5-16(8-14)27-11-15(24)12-28-17-6-7-19(23)18(22)10-17/h3-8,10,13,15,20,24H,9,11-12H2,1-2H3,(H,25,26)/t15-,20+/m1/s1. The number of hydrogen-bond acceptors (Lipinski definition) is 5. The molecule has 0 saturated heterocycles. The second-order valence-corrected chi connectivity index (χ2v) is 7.12. The first kappa shape index (κ1) is 22.9. The van der Waals surface area contributed by atoms with Crippen LogP contribution in [0.25, 0.3) is 0 Å². The van der Waals surface area contributed by atoms with Gasteiger partial charge in [0.25, 0.3) is 0 Å². The smallest absolute Gasteiger partial charge is 0.333 e. The summed E-state index contributed by atoms with van der Waals surface area (Å²) >= 11 is 5.68. The molecule has 0 unspecified atom stereocenters. The van der Waals surface area contributed by atoms with E-state index in [-0.39, 0.29) is 30.8 Å². The van der Waals surface area contributed by atoms with E-state index in [1.165, 1.54) is 18.2 Å². The summed E-state index contributed by atoms with van der Waals surface area (Å²) < 4.78 is 29.5. The quantitative estimate of drug-likeness (QED) is 0.569. The number of carboxylic acids is 1. The minimum Gasteiger partial charge on any atom is -0.491 e. The van der Waals surface area contributed by atoms with Gasteiger partial charge in [0.05, 0.1) is 11.1 Å². The van der Waals surface area contributed by atoms with Gasteiger partial charge in [-0.1, -0.05) is 23.7 Å². The van der Waals surface area contributed by atoms with Crippen molar-refractivity contribution in [2.45, 2.75) is 38.6 Å². The van der Waals surface area contributed by atoms with Gasteiger partial charge in [0, 0.05) is 12.5 Å². The first-order chi connectivity index (χ1) is 13.7. The molecule has 6 nitrogen and oxygen atoms in total. The normalized spacial score (nSPS) is 13.2. The van der Waals surface area contributed by atoms with Crippen LogP contribution in [0.4, 0.5) is 4.39 Å². The maximum Gasteiger partial charge on any atom is 0.333 e. The molecule has 0 spiro atoms. The Morgan fingerprint density at radius 2 is 1.76 bits per heavy atom. The second-order valence-electron chi connectivity index (χ2n) is 6.71. The Balaban J connectivity index is 1.86. The third-order valence-electron chi connectivity index (χ3n) is 3.81. The first-order valence-corrected chi connectivity index (χ1v) is 9.48. The van der Waals surface area contributed by atoms with Gasteiger partial charge < -0.3 is 24.4 Å². The lowest BCUT2D eigenvalue weighted by molar-refractivity contribution is -0.153. The van der Waals surface area contributed by atoms with E-state index in [1.54, 1.807) is 38.1 Å². The summed E-state index contributed by atoms with van der Waals surface area (Å²) in [6.45, 7) is 3.45. The molecule has 2 rings (SSSR count).